The Kier molecular flexibility index (Phi) is 6.88. The second-order valence-electron chi connectivity index (χ2n) is 4.88. The van der Waals surface area contributed by atoms with E-state index in [4.69, 9.17) is 0 Å². The Balaban J connectivity index is 2.14. The molecule has 0 spiro atoms. The molecule has 0 aromatic heterocycles. The van der Waals surface area contributed by atoms with Gasteiger partial charge in [-0.25, -0.2) is 0 Å². The summed E-state index contributed by atoms with van der Waals surface area (Å²) < 4.78 is 35.7. The molecule has 0 aliphatic rings. The Bertz CT molecular complexity index is 516. The molecule has 1 rings (SSSR count). The first-order valence-corrected chi connectivity index (χ1v) is 6.97. The van der Waals surface area contributed by atoms with Crippen LogP contribution in [0.3, 0.4) is 0 Å². The zero-order valence-corrected chi connectivity index (χ0v) is 12.3. The smallest absolute Gasteiger partial charge is 0.356 e. The second-order valence-corrected chi connectivity index (χ2v) is 4.88. The third-order valence-corrected chi connectivity index (χ3v) is 3.10. The van der Waals surface area contributed by atoms with Crippen LogP contribution in [-0.2, 0) is 16.0 Å². The monoisotopic (exact) mass is 316 g/mol. The number of carbonyl (C=O) groups excluding carboxylic acids is 2. The molecule has 0 saturated carbocycles. The largest absolute Gasteiger partial charge is 0.471 e. The van der Waals surface area contributed by atoms with E-state index in [1.54, 1.807) is 5.32 Å². The average Bonchev–Trinajstić information content (AvgIpc) is 2.44. The summed E-state index contributed by atoms with van der Waals surface area (Å²) in [5.74, 6) is -2.12. The first kappa shape index (κ1) is 18.0. The van der Waals surface area contributed by atoms with Crippen LogP contribution >= 0.6 is 0 Å². The summed E-state index contributed by atoms with van der Waals surface area (Å²) >= 11 is 0. The topological polar surface area (TPSA) is 58.2 Å². The predicted molar refractivity (Wildman–Crippen MR) is 76.2 cm³/mol. The molecule has 0 fully saturated rings. The zero-order chi connectivity index (χ0) is 16.6. The van der Waals surface area contributed by atoms with Gasteiger partial charge in [0.2, 0.25) is 5.91 Å². The average molecular weight is 316 g/mol. The quantitative estimate of drug-likeness (QED) is 0.757. The van der Waals surface area contributed by atoms with Crippen LogP contribution in [0, 0.1) is 6.92 Å². The van der Waals surface area contributed by atoms with Crippen molar-refractivity contribution in [3.63, 3.8) is 0 Å². The van der Waals surface area contributed by atoms with Crippen molar-refractivity contribution in [1.29, 1.82) is 0 Å². The Morgan fingerprint density at radius 1 is 1.09 bits per heavy atom. The molecule has 0 radical (unpaired) electrons. The number of alkyl halides is 3. The van der Waals surface area contributed by atoms with Crippen molar-refractivity contribution in [1.82, 2.24) is 10.6 Å². The van der Waals surface area contributed by atoms with Crippen LogP contribution in [0.5, 0.6) is 0 Å². The van der Waals surface area contributed by atoms with Crippen LogP contribution < -0.4 is 10.6 Å². The number of rotatable bonds is 7. The molecular formula is C15H19F3N2O2. The summed E-state index contributed by atoms with van der Waals surface area (Å²) in [6.45, 7) is 2.07. The van der Waals surface area contributed by atoms with E-state index in [-0.39, 0.29) is 25.4 Å². The number of hydrogen-bond acceptors (Lipinski definition) is 2. The Morgan fingerprint density at radius 2 is 1.73 bits per heavy atom. The van der Waals surface area contributed by atoms with Gasteiger partial charge in [0.05, 0.1) is 0 Å². The lowest BCUT2D eigenvalue weighted by Crippen LogP contribution is -2.38. The van der Waals surface area contributed by atoms with Crippen molar-refractivity contribution in [2.45, 2.75) is 32.4 Å². The van der Waals surface area contributed by atoms with Gasteiger partial charge < -0.3 is 10.6 Å². The second kappa shape index (κ2) is 8.41. The Morgan fingerprint density at radius 3 is 2.36 bits per heavy atom. The van der Waals surface area contributed by atoms with Crippen LogP contribution in [0.4, 0.5) is 13.2 Å². The van der Waals surface area contributed by atoms with E-state index in [1.807, 2.05) is 31.2 Å². The minimum Gasteiger partial charge on any atom is -0.356 e. The third kappa shape index (κ3) is 6.60. The minimum absolute atomic E-state index is 0.129. The molecule has 122 valence electrons. The standard InChI is InChI=1S/C15H19F3N2O2/c1-11-5-2-3-6-12(11)7-8-13(21)19-9-4-10-20-14(22)15(16,17)18/h2-3,5-6H,4,7-10H2,1H3,(H,19,21)(H,20,22). The maximum Gasteiger partial charge on any atom is 0.471 e. The van der Waals surface area contributed by atoms with E-state index in [2.05, 4.69) is 5.32 Å². The van der Waals surface area contributed by atoms with E-state index in [9.17, 15) is 22.8 Å². The van der Waals surface area contributed by atoms with Crippen molar-refractivity contribution >= 4 is 11.8 Å². The molecule has 1 aromatic carbocycles. The molecule has 2 amide bonds. The molecule has 4 nitrogen and oxygen atoms in total. The van der Waals surface area contributed by atoms with E-state index in [0.717, 1.165) is 11.1 Å². The highest BCUT2D eigenvalue weighted by Crippen LogP contribution is 2.13. The summed E-state index contributed by atoms with van der Waals surface area (Å²) in [6.07, 6.45) is -3.68. The third-order valence-electron chi connectivity index (χ3n) is 3.10. The van der Waals surface area contributed by atoms with Gasteiger partial charge in [-0.05, 0) is 30.9 Å². The van der Waals surface area contributed by atoms with Crippen LogP contribution in [0.1, 0.15) is 24.0 Å². The molecule has 0 unspecified atom stereocenters. The van der Waals surface area contributed by atoms with Crippen molar-refractivity contribution in [2.24, 2.45) is 0 Å². The molecule has 22 heavy (non-hydrogen) atoms. The number of carbonyl (C=O) groups is 2. The molecule has 0 saturated heterocycles. The van der Waals surface area contributed by atoms with Gasteiger partial charge in [-0.1, -0.05) is 24.3 Å². The maximum absolute atomic E-state index is 11.9. The van der Waals surface area contributed by atoms with E-state index in [0.29, 0.717) is 12.8 Å². The van der Waals surface area contributed by atoms with Crippen molar-refractivity contribution in [3.05, 3.63) is 35.4 Å². The molecule has 0 atom stereocenters. The number of nitrogens with one attached hydrogen (secondary N) is 2. The fourth-order valence-corrected chi connectivity index (χ4v) is 1.85. The SMILES string of the molecule is Cc1ccccc1CCC(=O)NCCCNC(=O)C(F)(F)F. The summed E-state index contributed by atoms with van der Waals surface area (Å²) in [4.78, 5) is 22.1. The lowest BCUT2D eigenvalue weighted by Gasteiger charge is -2.09. The molecule has 1 aromatic rings. The molecular weight excluding hydrogens is 297 g/mol. The van der Waals surface area contributed by atoms with Gasteiger partial charge in [0.15, 0.2) is 0 Å². The van der Waals surface area contributed by atoms with E-state index < -0.39 is 12.1 Å². The van der Waals surface area contributed by atoms with Gasteiger partial charge in [0.1, 0.15) is 0 Å². The first-order chi connectivity index (χ1) is 10.3. The molecule has 7 heteroatoms. The summed E-state index contributed by atoms with van der Waals surface area (Å²) in [7, 11) is 0. The predicted octanol–water partition coefficient (Wildman–Crippen LogP) is 2.11. The number of benzene rings is 1. The van der Waals surface area contributed by atoms with Crippen LogP contribution in [0.25, 0.3) is 0 Å². The van der Waals surface area contributed by atoms with Gasteiger partial charge >= 0.3 is 12.1 Å². The van der Waals surface area contributed by atoms with Gasteiger partial charge in [0, 0.05) is 19.5 Å². The number of halogens is 3. The molecule has 0 aliphatic heterocycles. The summed E-state index contributed by atoms with van der Waals surface area (Å²) in [5.41, 5.74) is 2.21. The molecule has 0 heterocycles. The van der Waals surface area contributed by atoms with Crippen molar-refractivity contribution in [2.75, 3.05) is 13.1 Å². The number of aryl methyl sites for hydroxylation is 2. The molecule has 0 bridgehead atoms. The Labute approximate surface area is 127 Å². The van der Waals surface area contributed by atoms with Gasteiger partial charge in [-0.2, -0.15) is 13.2 Å². The van der Waals surface area contributed by atoms with Gasteiger partial charge in [0.25, 0.3) is 0 Å². The fraction of sp³-hybridized carbons (Fsp3) is 0.467. The zero-order valence-electron chi connectivity index (χ0n) is 12.3. The Hall–Kier alpha value is -2.05. The van der Waals surface area contributed by atoms with Crippen LogP contribution in [0.2, 0.25) is 0 Å². The molecule has 0 aliphatic carbocycles. The van der Waals surface area contributed by atoms with Gasteiger partial charge in [-0.15, -0.1) is 0 Å². The highest BCUT2D eigenvalue weighted by atomic mass is 19.4. The number of hydrogen-bond donors (Lipinski definition) is 2. The van der Waals surface area contributed by atoms with Crippen LogP contribution in [0.15, 0.2) is 24.3 Å². The van der Waals surface area contributed by atoms with E-state index >= 15 is 0 Å². The lowest BCUT2D eigenvalue weighted by molar-refractivity contribution is -0.173. The highest BCUT2D eigenvalue weighted by Gasteiger charge is 2.38. The lowest BCUT2D eigenvalue weighted by atomic mass is 10.0. The van der Waals surface area contributed by atoms with E-state index in [1.165, 1.54) is 0 Å². The van der Waals surface area contributed by atoms with Gasteiger partial charge in [-0.3, -0.25) is 9.59 Å². The fourth-order valence-electron chi connectivity index (χ4n) is 1.85. The molecule has 2 N–H and O–H groups in total. The minimum atomic E-state index is -4.86. The summed E-state index contributed by atoms with van der Waals surface area (Å²) in [5, 5.41) is 4.36. The highest BCUT2D eigenvalue weighted by molar-refractivity contribution is 5.81. The van der Waals surface area contributed by atoms with Crippen molar-refractivity contribution in [3.8, 4) is 0 Å². The number of amides is 2. The normalized spacial score (nSPS) is 11.1. The van der Waals surface area contributed by atoms with Crippen LogP contribution in [-0.4, -0.2) is 31.1 Å². The summed E-state index contributed by atoms with van der Waals surface area (Å²) in [6, 6.07) is 7.75. The van der Waals surface area contributed by atoms with Crippen molar-refractivity contribution < 1.29 is 22.8 Å². The first-order valence-electron chi connectivity index (χ1n) is 6.97. The maximum atomic E-state index is 11.9.